The lowest BCUT2D eigenvalue weighted by atomic mass is 9.93. The molecular weight excluding hydrogens is 290 g/mol. The number of hydrogen-bond acceptors (Lipinski definition) is 3. The highest BCUT2D eigenvalue weighted by molar-refractivity contribution is 5.82. The fraction of sp³-hybridized carbons (Fsp3) is 0.632. The molecule has 1 N–H and O–H groups in total. The molecule has 1 aliphatic carbocycles. The van der Waals surface area contributed by atoms with Crippen molar-refractivity contribution < 1.29 is 14.3 Å². The van der Waals surface area contributed by atoms with Gasteiger partial charge in [-0.1, -0.05) is 26.0 Å². The van der Waals surface area contributed by atoms with Crippen molar-refractivity contribution in [1.82, 2.24) is 5.32 Å². The van der Waals surface area contributed by atoms with Gasteiger partial charge in [-0.2, -0.15) is 0 Å². The minimum absolute atomic E-state index is 0.186. The molecule has 4 heteroatoms. The SMILES string of the molecule is CC(C)c1ccc(OCCNC(=O)C2CC23CCOCC3)cc1. The molecule has 1 aliphatic heterocycles. The third kappa shape index (κ3) is 3.86. The predicted molar refractivity (Wildman–Crippen MR) is 89.6 cm³/mol. The average molecular weight is 317 g/mol. The molecular formula is C19H27NO3. The van der Waals surface area contributed by atoms with Crippen molar-refractivity contribution in [3.63, 3.8) is 0 Å². The van der Waals surface area contributed by atoms with Gasteiger partial charge in [0.15, 0.2) is 0 Å². The lowest BCUT2D eigenvalue weighted by Gasteiger charge is -2.22. The lowest BCUT2D eigenvalue weighted by molar-refractivity contribution is -0.123. The molecule has 0 radical (unpaired) electrons. The van der Waals surface area contributed by atoms with Crippen LogP contribution in [0.25, 0.3) is 0 Å². The molecule has 1 unspecified atom stereocenters. The number of nitrogens with one attached hydrogen (secondary N) is 1. The van der Waals surface area contributed by atoms with Crippen LogP contribution in [0.5, 0.6) is 5.75 Å². The van der Waals surface area contributed by atoms with Crippen LogP contribution >= 0.6 is 0 Å². The van der Waals surface area contributed by atoms with E-state index in [0.29, 0.717) is 19.1 Å². The molecule has 0 aromatic heterocycles. The molecule has 2 aliphatic rings. The number of rotatable bonds is 6. The summed E-state index contributed by atoms with van der Waals surface area (Å²) in [6.45, 7) is 7.03. The van der Waals surface area contributed by atoms with Gasteiger partial charge in [-0.05, 0) is 48.3 Å². The highest BCUT2D eigenvalue weighted by Gasteiger charge is 2.57. The maximum absolute atomic E-state index is 12.2. The van der Waals surface area contributed by atoms with Crippen LogP contribution in [0.4, 0.5) is 0 Å². The number of carbonyl (C=O) groups is 1. The van der Waals surface area contributed by atoms with E-state index < -0.39 is 0 Å². The van der Waals surface area contributed by atoms with Crippen LogP contribution in [-0.4, -0.2) is 32.3 Å². The van der Waals surface area contributed by atoms with E-state index in [0.717, 1.165) is 38.2 Å². The monoisotopic (exact) mass is 317 g/mol. The summed E-state index contributed by atoms with van der Waals surface area (Å²) in [7, 11) is 0. The third-order valence-corrected chi connectivity index (χ3v) is 5.21. The van der Waals surface area contributed by atoms with Gasteiger partial charge in [-0.25, -0.2) is 0 Å². The van der Waals surface area contributed by atoms with Crippen LogP contribution in [0.1, 0.15) is 44.6 Å². The summed E-state index contributed by atoms with van der Waals surface area (Å²) in [5.41, 5.74) is 1.55. The van der Waals surface area contributed by atoms with Crippen molar-refractivity contribution in [3.8, 4) is 5.75 Å². The van der Waals surface area contributed by atoms with Crippen LogP contribution in [0.2, 0.25) is 0 Å². The van der Waals surface area contributed by atoms with Gasteiger partial charge in [-0.3, -0.25) is 4.79 Å². The summed E-state index contributed by atoms with van der Waals surface area (Å²) in [5.74, 6) is 1.76. The summed E-state index contributed by atoms with van der Waals surface area (Å²) < 4.78 is 11.1. The zero-order chi connectivity index (χ0) is 16.3. The summed E-state index contributed by atoms with van der Waals surface area (Å²) in [4.78, 5) is 12.2. The Balaban J connectivity index is 1.36. The average Bonchev–Trinajstić information content (AvgIpc) is 3.25. The van der Waals surface area contributed by atoms with E-state index in [1.165, 1.54) is 5.56 Å². The minimum Gasteiger partial charge on any atom is -0.492 e. The van der Waals surface area contributed by atoms with Crippen LogP contribution in [0.3, 0.4) is 0 Å². The number of carbonyl (C=O) groups excluding carboxylic acids is 1. The van der Waals surface area contributed by atoms with Crippen molar-refractivity contribution in [3.05, 3.63) is 29.8 Å². The van der Waals surface area contributed by atoms with Crippen LogP contribution in [0.15, 0.2) is 24.3 Å². The van der Waals surface area contributed by atoms with E-state index in [1.54, 1.807) is 0 Å². The quantitative estimate of drug-likeness (QED) is 0.820. The first-order valence-corrected chi connectivity index (χ1v) is 8.69. The normalized spacial score (nSPS) is 22.1. The molecule has 23 heavy (non-hydrogen) atoms. The Morgan fingerprint density at radius 2 is 2.00 bits per heavy atom. The van der Waals surface area contributed by atoms with Crippen molar-refractivity contribution in [1.29, 1.82) is 0 Å². The minimum atomic E-state index is 0.186. The summed E-state index contributed by atoms with van der Waals surface area (Å²) >= 11 is 0. The molecule has 0 bridgehead atoms. The van der Waals surface area contributed by atoms with Gasteiger partial charge in [0.2, 0.25) is 5.91 Å². The Kier molecular flexibility index (Phi) is 4.90. The molecule has 1 heterocycles. The van der Waals surface area contributed by atoms with Gasteiger partial charge in [0, 0.05) is 19.1 Å². The van der Waals surface area contributed by atoms with E-state index in [-0.39, 0.29) is 17.2 Å². The van der Waals surface area contributed by atoms with Gasteiger partial charge in [-0.15, -0.1) is 0 Å². The van der Waals surface area contributed by atoms with Crippen molar-refractivity contribution in [2.75, 3.05) is 26.4 Å². The molecule has 126 valence electrons. The molecule has 2 fully saturated rings. The fourth-order valence-corrected chi connectivity index (χ4v) is 3.46. The maximum Gasteiger partial charge on any atom is 0.223 e. The fourth-order valence-electron chi connectivity index (χ4n) is 3.46. The Hall–Kier alpha value is -1.55. The second-order valence-electron chi connectivity index (χ2n) is 7.09. The molecule has 1 aromatic rings. The van der Waals surface area contributed by atoms with E-state index in [2.05, 4.69) is 31.3 Å². The summed E-state index contributed by atoms with van der Waals surface area (Å²) in [5, 5.41) is 3.01. The van der Waals surface area contributed by atoms with Gasteiger partial charge in [0.25, 0.3) is 0 Å². The number of amides is 1. The highest BCUT2D eigenvalue weighted by Crippen LogP contribution is 2.59. The molecule has 3 rings (SSSR count). The topological polar surface area (TPSA) is 47.6 Å². The van der Waals surface area contributed by atoms with Gasteiger partial charge in [0.05, 0.1) is 6.54 Å². The Morgan fingerprint density at radius 3 is 2.65 bits per heavy atom. The smallest absolute Gasteiger partial charge is 0.223 e. The van der Waals surface area contributed by atoms with Crippen molar-refractivity contribution in [2.45, 2.75) is 39.0 Å². The van der Waals surface area contributed by atoms with Gasteiger partial charge >= 0.3 is 0 Å². The van der Waals surface area contributed by atoms with E-state index >= 15 is 0 Å². The molecule has 1 spiro atoms. The second kappa shape index (κ2) is 6.91. The molecule has 1 saturated carbocycles. The van der Waals surface area contributed by atoms with E-state index in [4.69, 9.17) is 9.47 Å². The van der Waals surface area contributed by atoms with Crippen LogP contribution < -0.4 is 10.1 Å². The zero-order valence-electron chi connectivity index (χ0n) is 14.1. The van der Waals surface area contributed by atoms with Crippen molar-refractivity contribution >= 4 is 5.91 Å². The molecule has 1 saturated heterocycles. The molecule has 1 aromatic carbocycles. The first kappa shape index (κ1) is 16.3. The first-order chi connectivity index (χ1) is 11.1. The van der Waals surface area contributed by atoms with Crippen molar-refractivity contribution in [2.24, 2.45) is 11.3 Å². The standard InChI is InChI=1S/C19H27NO3/c1-14(2)15-3-5-16(6-4-15)23-12-9-20-18(21)17-13-19(17)7-10-22-11-8-19/h3-6,14,17H,7-13H2,1-2H3,(H,20,21). The van der Waals surface area contributed by atoms with E-state index in [9.17, 15) is 4.79 Å². The molecule has 1 atom stereocenters. The lowest BCUT2D eigenvalue weighted by Crippen LogP contribution is -2.32. The second-order valence-corrected chi connectivity index (χ2v) is 7.09. The van der Waals surface area contributed by atoms with Gasteiger partial charge in [0.1, 0.15) is 12.4 Å². The Morgan fingerprint density at radius 1 is 1.30 bits per heavy atom. The number of benzene rings is 1. The maximum atomic E-state index is 12.2. The summed E-state index contributed by atoms with van der Waals surface area (Å²) in [6, 6.07) is 8.18. The van der Waals surface area contributed by atoms with Crippen LogP contribution in [0, 0.1) is 11.3 Å². The highest BCUT2D eigenvalue weighted by atomic mass is 16.5. The van der Waals surface area contributed by atoms with E-state index in [1.807, 2.05) is 12.1 Å². The van der Waals surface area contributed by atoms with Gasteiger partial charge < -0.3 is 14.8 Å². The zero-order valence-corrected chi connectivity index (χ0v) is 14.1. The number of hydrogen-bond donors (Lipinski definition) is 1. The van der Waals surface area contributed by atoms with Crippen LogP contribution in [-0.2, 0) is 9.53 Å². The Bertz CT molecular complexity index is 532. The first-order valence-electron chi connectivity index (χ1n) is 8.69. The Labute approximate surface area is 138 Å². The molecule has 1 amide bonds. The third-order valence-electron chi connectivity index (χ3n) is 5.21. The largest absolute Gasteiger partial charge is 0.492 e. The predicted octanol–water partition coefficient (Wildman–Crippen LogP) is 3.12. The molecule has 4 nitrogen and oxygen atoms in total. The summed E-state index contributed by atoms with van der Waals surface area (Å²) in [6.07, 6.45) is 3.09. The number of ether oxygens (including phenoxy) is 2.